The molecular weight excluding hydrogens is 332 g/mol. The molecule has 1 aromatic heterocycles. The number of ether oxygens (including phenoxy) is 2. The maximum Gasteiger partial charge on any atom is 0.359 e. The second kappa shape index (κ2) is 7.12. The molecule has 0 amide bonds. The van der Waals surface area contributed by atoms with Crippen LogP contribution in [0.3, 0.4) is 0 Å². The Balaban J connectivity index is 1.45. The fourth-order valence-corrected chi connectivity index (χ4v) is 4.54. The molecule has 1 aromatic rings. The highest BCUT2D eigenvalue weighted by atomic mass is 32.2. The Morgan fingerprint density at radius 2 is 1.91 bits per heavy atom. The van der Waals surface area contributed by atoms with E-state index in [4.69, 9.17) is 9.47 Å². The number of amidine groups is 1. The number of thiazole rings is 1. The predicted octanol–water partition coefficient (Wildman–Crippen LogP) is 1.54. The molecule has 4 heterocycles. The molecule has 2 fully saturated rings. The zero-order valence-electron chi connectivity index (χ0n) is 12.8. The van der Waals surface area contributed by atoms with E-state index in [-0.39, 0.29) is 0 Å². The lowest BCUT2D eigenvalue weighted by atomic mass is 10.4. The topological polar surface area (TPSA) is 50.0 Å². The van der Waals surface area contributed by atoms with Crippen LogP contribution in [-0.4, -0.2) is 73.5 Å². The van der Waals surface area contributed by atoms with Gasteiger partial charge in [-0.15, -0.1) is 0 Å². The van der Waals surface area contributed by atoms with E-state index in [0.29, 0.717) is 0 Å². The maximum atomic E-state index is 5.39. The normalized spacial score (nSPS) is 24.0. The van der Waals surface area contributed by atoms with Gasteiger partial charge in [0.2, 0.25) is 0 Å². The number of morpholine rings is 2. The molecule has 0 saturated carbocycles. The van der Waals surface area contributed by atoms with Crippen LogP contribution in [0.2, 0.25) is 0 Å². The number of aromatic nitrogens is 1. The van der Waals surface area contributed by atoms with Gasteiger partial charge in [-0.1, -0.05) is 11.3 Å². The second-order valence-electron chi connectivity index (χ2n) is 5.43. The van der Waals surface area contributed by atoms with Crippen molar-refractivity contribution in [3.8, 4) is 0 Å². The van der Waals surface area contributed by atoms with Crippen molar-refractivity contribution in [2.75, 3.05) is 57.5 Å². The second-order valence-corrected chi connectivity index (χ2v) is 7.51. The number of hydrogen-bond acceptors (Lipinski definition) is 6. The van der Waals surface area contributed by atoms with Crippen molar-refractivity contribution < 1.29 is 14.0 Å². The Kier molecular flexibility index (Phi) is 4.74. The van der Waals surface area contributed by atoms with Crippen molar-refractivity contribution in [3.63, 3.8) is 0 Å². The molecule has 0 atom stereocenters. The van der Waals surface area contributed by atoms with Crippen LogP contribution in [0.15, 0.2) is 16.1 Å². The van der Waals surface area contributed by atoms with Crippen LogP contribution in [0.25, 0.3) is 6.08 Å². The van der Waals surface area contributed by atoms with Gasteiger partial charge in [-0.3, -0.25) is 0 Å². The molecule has 0 bridgehead atoms. The van der Waals surface area contributed by atoms with E-state index in [1.807, 2.05) is 12.4 Å². The number of thioether (sulfide) groups is 1. The van der Waals surface area contributed by atoms with Crippen LogP contribution in [0.1, 0.15) is 4.88 Å². The smallest absolute Gasteiger partial charge is 0.359 e. The van der Waals surface area contributed by atoms with Crippen LogP contribution < -0.4 is 4.90 Å². The van der Waals surface area contributed by atoms with Gasteiger partial charge in [0.25, 0.3) is 0 Å². The van der Waals surface area contributed by atoms with E-state index in [2.05, 4.69) is 25.5 Å². The van der Waals surface area contributed by atoms with E-state index in [0.717, 1.165) is 62.9 Å². The zero-order chi connectivity index (χ0) is 15.5. The molecule has 6 nitrogen and oxygen atoms in total. The highest BCUT2D eigenvalue weighted by molar-refractivity contribution is 8.18. The number of hydrogen-bond donors (Lipinski definition) is 0. The molecule has 122 valence electrons. The molecule has 0 aliphatic carbocycles. The summed E-state index contributed by atoms with van der Waals surface area (Å²) >= 11 is 3.46. The Hall–Kier alpha value is -1.22. The lowest BCUT2D eigenvalue weighted by molar-refractivity contribution is -0.547. The molecule has 8 heteroatoms. The van der Waals surface area contributed by atoms with Crippen LogP contribution in [-0.2, 0) is 9.47 Å². The van der Waals surface area contributed by atoms with Crippen molar-refractivity contribution in [3.05, 3.63) is 16.0 Å². The van der Waals surface area contributed by atoms with Gasteiger partial charge >= 0.3 is 5.17 Å². The molecule has 0 N–H and O–H groups in total. The molecule has 0 radical (unpaired) electrons. The van der Waals surface area contributed by atoms with Gasteiger partial charge in [0.15, 0.2) is 11.3 Å². The summed E-state index contributed by atoms with van der Waals surface area (Å²) in [4.78, 5) is 13.7. The van der Waals surface area contributed by atoms with E-state index >= 15 is 0 Å². The predicted molar refractivity (Wildman–Crippen MR) is 95.0 cm³/mol. The summed E-state index contributed by atoms with van der Waals surface area (Å²) < 4.78 is 13.1. The van der Waals surface area contributed by atoms with Crippen LogP contribution >= 0.6 is 23.1 Å². The molecule has 3 aliphatic rings. The standard InChI is InChI=1S/C15H19N4O2S2/c1-5-20-6-2-18(1)14-16-10-12(22-14)9-13-11-17-15(23-13)19-3-7-21-8-4-19/h9-11H,1-8H2/q+1. The Morgan fingerprint density at radius 3 is 2.74 bits per heavy atom. The lowest BCUT2D eigenvalue weighted by Crippen LogP contribution is -2.36. The molecule has 4 rings (SSSR count). The number of rotatable bonds is 2. The van der Waals surface area contributed by atoms with E-state index in [9.17, 15) is 0 Å². The summed E-state index contributed by atoms with van der Waals surface area (Å²) in [7, 11) is 0. The quantitative estimate of drug-likeness (QED) is 0.757. The summed E-state index contributed by atoms with van der Waals surface area (Å²) in [5, 5.41) is 2.16. The van der Waals surface area contributed by atoms with Crippen molar-refractivity contribution in [1.29, 1.82) is 0 Å². The van der Waals surface area contributed by atoms with Gasteiger partial charge in [-0.2, -0.15) is 0 Å². The van der Waals surface area contributed by atoms with Gasteiger partial charge in [-0.05, 0) is 11.1 Å². The first-order valence-electron chi connectivity index (χ1n) is 7.80. The average Bonchev–Trinajstić information content (AvgIpc) is 3.27. The SMILES string of the molecule is C1=NC(=[N+]2CCOCC2)S/C1=C\c1cnc(N2CCOCC2)s1. The minimum atomic E-state index is 0.788. The fourth-order valence-electron chi connectivity index (χ4n) is 2.63. The van der Waals surface area contributed by atoms with Crippen molar-refractivity contribution in [2.24, 2.45) is 4.99 Å². The first-order chi connectivity index (χ1) is 11.4. The van der Waals surface area contributed by atoms with E-state index in [1.165, 1.54) is 9.78 Å². The summed E-state index contributed by atoms with van der Waals surface area (Å²) in [6.07, 6.45) is 6.07. The van der Waals surface area contributed by atoms with Crippen LogP contribution in [0.5, 0.6) is 0 Å². The third-order valence-electron chi connectivity index (χ3n) is 3.87. The molecule has 3 aliphatic heterocycles. The van der Waals surface area contributed by atoms with Gasteiger partial charge in [-0.25, -0.2) is 9.56 Å². The number of aliphatic imine (C=N–C) groups is 1. The summed E-state index contributed by atoms with van der Waals surface area (Å²) in [6.45, 7) is 6.85. The van der Waals surface area contributed by atoms with E-state index < -0.39 is 0 Å². The molecule has 23 heavy (non-hydrogen) atoms. The monoisotopic (exact) mass is 351 g/mol. The minimum Gasteiger partial charge on any atom is -0.378 e. The first kappa shape index (κ1) is 15.3. The van der Waals surface area contributed by atoms with Crippen molar-refractivity contribution in [2.45, 2.75) is 0 Å². The highest BCUT2D eigenvalue weighted by Gasteiger charge is 2.24. The number of anilines is 1. The van der Waals surface area contributed by atoms with Gasteiger partial charge in [0.05, 0.1) is 36.2 Å². The molecule has 0 unspecified atom stereocenters. The van der Waals surface area contributed by atoms with Gasteiger partial charge in [0, 0.05) is 31.0 Å². The summed E-state index contributed by atoms with van der Waals surface area (Å²) in [5.74, 6) is 0. The van der Waals surface area contributed by atoms with Gasteiger partial charge in [0.1, 0.15) is 13.1 Å². The van der Waals surface area contributed by atoms with Gasteiger partial charge < -0.3 is 14.4 Å². The molecule has 2 saturated heterocycles. The minimum absolute atomic E-state index is 0.788. The molecule has 0 spiro atoms. The van der Waals surface area contributed by atoms with Crippen molar-refractivity contribution >= 4 is 45.7 Å². The maximum absolute atomic E-state index is 5.39. The summed E-state index contributed by atoms with van der Waals surface area (Å²) in [5.41, 5.74) is 0. The largest absolute Gasteiger partial charge is 0.378 e. The third-order valence-corrected chi connectivity index (χ3v) is 5.88. The fraction of sp³-hybridized carbons (Fsp3) is 0.533. The van der Waals surface area contributed by atoms with Crippen LogP contribution in [0, 0.1) is 0 Å². The number of allylic oxidation sites excluding steroid dienone is 1. The van der Waals surface area contributed by atoms with Crippen molar-refractivity contribution in [1.82, 2.24) is 4.98 Å². The number of nitrogens with zero attached hydrogens (tertiary/aromatic N) is 4. The molecular formula is C15H19N4O2S2+. The van der Waals surface area contributed by atoms with E-state index in [1.54, 1.807) is 23.1 Å². The lowest BCUT2D eigenvalue weighted by Gasteiger charge is -2.25. The third kappa shape index (κ3) is 3.65. The average molecular weight is 351 g/mol. The highest BCUT2D eigenvalue weighted by Crippen LogP contribution is 2.29. The summed E-state index contributed by atoms with van der Waals surface area (Å²) in [6, 6.07) is 0. The molecule has 0 aromatic carbocycles. The Labute approximate surface area is 143 Å². The first-order valence-corrected chi connectivity index (χ1v) is 9.43. The Morgan fingerprint density at radius 1 is 1.13 bits per heavy atom. The van der Waals surface area contributed by atoms with Crippen LogP contribution in [0.4, 0.5) is 5.13 Å². The zero-order valence-corrected chi connectivity index (χ0v) is 14.4. The Bertz CT molecular complexity index is 654.